The topological polar surface area (TPSA) is 24.5 Å². The minimum absolute atomic E-state index is 0.662. The maximum Gasteiger partial charge on any atom is 0.127 e. The van der Waals surface area contributed by atoms with E-state index in [0.29, 0.717) is 6.04 Å². The van der Waals surface area contributed by atoms with Crippen LogP contribution in [0.5, 0.6) is 5.75 Å². The lowest BCUT2D eigenvalue weighted by atomic mass is 9.97. The van der Waals surface area contributed by atoms with Crippen LogP contribution in [0.1, 0.15) is 36.8 Å². The third kappa shape index (κ3) is 2.62. The molecule has 114 valence electrons. The van der Waals surface area contributed by atoms with E-state index in [4.69, 9.17) is 4.74 Å². The fourth-order valence-corrected chi connectivity index (χ4v) is 4.86. The van der Waals surface area contributed by atoms with E-state index in [1.807, 2.05) is 0 Å². The molecule has 0 radical (unpaired) electrons. The first-order valence-electron chi connectivity index (χ1n) is 8.10. The molecule has 0 spiro atoms. The Bertz CT molecular complexity index is 534. The Kier molecular flexibility index (Phi) is 3.72. The van der Waals surface area contributed by atoms with Crippen LogP contribution >= 0.6 is 15.9 Å². The number of hydrogen-bond acceptors (Lipinski definition) is 3. The fraction of sp³-hybridized carbons (Fsp3) is 0.647. The zero-order valence-electron chi connectivity index (χ0n) is 12.6. The maximum absolute atomic E-state index is 5.83. The first-order chi connectivity index (χ1) is 10.2. The first kappa shape index (κ1) is 14.0. The number of halogens is 1. The average molecular weight is 351 g/mol. The van der Waals surface area contributed by atoms with E-state index >= 15 is 0 Å². The summed E-state index contributed by atoms with van der Waals surface area (Å²) in [5.41, 5.74) is 2.66. The highest BCUT2D eigenvalue weighted by atomic mass is 79.9. The molecule has 1 aromatic carbocycles. The van der Waals surface area contributed by atoms with Gasteiger partial charge in [0.05, 0.1) is 6.61 Å². The van der Waals surface area contributed by atoms with Crippen LogP contribution in [0.25, 0.3) is 0 Å². The Morgan fingerprint density at radius 1 is 1.29 bits per heavy atom. The standard InChI is InChI=1S/C17H23BrN2O/c1-20-15-2-3-16(20)9-14(8-15)19-10-12-7-13(18)6-11-4-5-21-17(11)12/h6-7,14-16,19H,2-5,8-10H2,1H3. The molecular weight excluding hydrogens is 328 g/mol. The molecule has 3 heterocycles. The van der Waals surface area contributed by atoms with Crippen molar-refractivity contribution in [1.82, 2.24) is 10.2 Å². The molecule has 2 atom stereocenters. The summed E-state index contributed by atoms with van der Waals surface area (Å²) >= 11 is 3.63. The molecule has 21 heavy (non-hydrogen) atoms. The largest absolute Gasteiger partial charge is 0.493 e. The monoisotopic (exact) mass is 350 g/mol. The van der Waals surface area contributed by atoms with Gasteiger partial charge in [0.1, 0.15) is 5.75 Å². The van der Waals surface area contributed by atoms with Crippen LogP contribution in [0.15, 0.2) is 16.6 Å². The molecule has 1 N–H and O–H groups in total. The van der Waals surface area contributed by atoms with Gasteiger partial charge in [-0.1, -0.05) is 15.9 Å². The number of benzene rings is 1. The quantitative estimate of drug-likeness (QED) is 0.906. The molecule has 2 unspecified atom stereocenters. The van der Waals surface area contributed by atoms with Crippen molar-refractivity contribution in [3.05, 3.63) is 27.7 Å². The molecule has 3 aliphatic heterocycles. The zero-order chi connectivity index (χ0) is 14.4. The summed E-state index contributed by atoms with van der Waals surface area (Å²) in [6.45, 7) is 1.76. The lowest BCUT2D eigenvalue weighted by molar-refractivity contribution is 0.148. The van der Waals surface area contributed by atoms with Gasteiger partial charge in [-0.2, -0.15) is 0 Å². The molecule has 2 bridgehead atoms. The zero-order valence-corrected chi connectivity index (χ0v) is 14.2. The number of nitrogens with one attached hydrogen (secondary N) is 1. The highest BCUT2D eigenvalue weighted by Crippen LogP contribution is 2.36. The van der Waals surface area contributed by atoms with E-state index < -0.39 is 0 Å². The molecule has 3 nitrogen and oxygen atoms in total. The van der Waals surface area contributed by atoms with Gasteiger partial charge in [0, 0.05) is 41.1 Å². The van der Waals surface area contributed by atoms with E-state index in [-0.39, 0.29) is 0 Å². The second kappa shape index (κ2) is 5.56. The number of rotatable bonds is 3. The van der Waals surface area contributed by atoms with Gasteiger partial charge in [-0.15, -0.1) is 0 Å². The summed E-state index contributed by atoms with van der Waals surface area (Å²) in [6, 6.07) is 6.66. The normalized spacial score (nSPS) is 31.2. The van der Waals surface area contributed by atoms with E-state index in [2.05, 4.69) is 45.3 Å². The number of ether oxygens (including phenoxy) is 1. The number of nitrogens with zero attached hydrogens (tertiary/aromatic N) is 1. The lowest BCUT2D eigenvalue weighted by Gasteiger charge is -2.36. The van der Waals surface area contributed by atoms with Crippen molar-refractivity contribution in [1.29, 1.82) is 0 Å². The fourth-order valence-electron chi connectivity index (χ4n) is 4.31. The van der Waals surface area contributed by atoms with Gasteiger partial charge in [0.25, 0.3) is 0 Å². The molecular formula is C17H23BrN2O. The molecule has 4 rings (SSSR count). The lowest BCUT2D eigenvalue weighted by Crippen LogP contribution is -2.47. The van der Waals surface area contributed by atoms with Gasteiger partial charge in [0.2, 0.25) is 0 Å². The second-order valence-electron chi connectivity index (χ2n) is 6.75. The van der Waals surface area contributed by atoms with Crippen molar-refractivity contribution in [3.63, 3.8) is 0 Å². The van der Waals surface area contributed by atoms with E-state index in [0.717, 1.165) is 37.4 Å². The Morgan fingerprint density at radius 3 is 2.81 bits per heavy atom. The van der Waals surface area contributed by atoms with Crippen LogP contribution in [0.3, 0.4) is 0 Å². The van der Waals surface area contributed by atoms with E-state index in [1.165, 1.54) is 41.3 Å². The molecule has 4 heteroatoms. The highest BCUT2D eigenvalue weighted by Gasteiger charge is 2.38. The van der Waals surface area contributed by atoms with Crippen LogP contribution < -0.4 is 10.1 Å². The summed E-state index contributed by atoms with van der Waals surface area (Å²) in [4.78, 5) is 2.60. The van der Waals surface area contributed by atoms with Crippen molar-refractivity contribution in [3.8, 4) is 5.75 Å². The predicted molar refractivity (Wildman–Crippen MR) is 87.8 cm³/mol. The summed E-state index contributed by atoms with van der Waals surface area (Å²) in [6.07, 6.45) is 6.40. The van der Waals surface area contributed by atoms with Crippen LogP contribution in [-0.2, 0) is 13.0 Å². The van der Waals surface area contributed by atoms with Crippen LogP contribution in [0.4, 0.5) is 0 Å². The Hall–Kier alpha value is -0.580. The summed E-state index contributed by atoms with van der Waals surface area (Å²) in [5.74, 6) is 1.13. The average Bonchev–Trinajstić information content (AvgIpc) is 2.98. The summed E-state index contributed by atoms with van der Waals surface area (Å²) in [7, 11) is 2.30. The molecule has 0 saturated carbocycles. The SMILES string of the molecule is CN1C2CCC1CC(NCc1cc(Br)cc3c1OCC3)C2. The minimum atomic E-state index is 0.662. The van der Waals surface area contributed by atoms with Crippen molar-refractivity contribution in [2.75, 3.05) is 13.7 Å². The predicted octanol–water partition coefficient (Wildman–Crippen LogP) is 3.10. The third-order valence-corrected chi connectivity index (χ3v) is 5.96. The van der Waals surface area contributed by atoms with Gasteiger partial charge in [-0.25, -0.2) is 0 Å². The number of piperidine rings is 1. The van der Waals surface area contributed by atoms with Gasteiger partial charge >= 0.3 is 0 Å². The molecule has 0 aromatic heterocycles. The summed E-state index contributed by atoms with van der Waals surface area (Å²) < 4.78 is 7.00. The molecule has 1 aromatic rings. The molecule has 0 aliphatic carbocycles. The highest BCUT2D eigenvalue weighted by molar-refractivity contribution is 9.10. The molecule has 0 amide bonds. The molecule has 3 aliphatic rings. The van der Waals surface area contributed by atoms with Crippen molar-refractivity contribution in [2.45, 2.75) is 56.8 Å². The second-order valence-corrected chi connectivity index (χ2v) is 7.67. The van der Waals surface area contributed by atoms with Crippen molar-refractivity contribution in [2.24, 2.45) is 0 Å². The maximum atomic E-state index is 5.83. The Morgan fingerprint density at radius 2 is 2.05 bits per heavy atom. The Balaban J connectivity index is 1.44. The van der Waals surface area contributed by atoms with E-state index in [9.17, 15) is 0 Å². The number of hydrogen-bond donors (Lipinski definition) is 1. The number of fused-ring (bicyclic) bond motifs is 3. The van der Waals surface area contributed by atoms with Crippen molar-refractivity contribution >= 4 is 15.9 Å². The van der Waals surface area contributed by atoms with Crippen molar-refractivity contribution < 1.29 is 4.74 Å². The van der Waals surface area contributed by atoms with Gasteiger partial charge in [0.15, 0.2) is 0 Å². The van der Waals surface area contributed by atoms with Gasteiger partial charge in [-0.05, 0) is 50.4 Å². The minimum Gasteiger partial charge on any atom is -0.493 e. The molecule has 2 fully saturated rings. The Labute approximate surface area is 135 Å². The van der Waals surface area contributed by atoms with E-state index in [1.54, 1.807) is 0 Å². The smallest absolute Gasteiger partial charge is 0.127 e. The van der Waals surface area contributed by atoms with Crippen LogP contribution in [0.2, 0.25) is 0 Å². The molecule has 2 saturated heterocycles. The first-order valence-corrected chi connectivity index (χ1v) is 8.89. The summed E-state index contributed by atoms with van der Waals surface area (Å²) in [5, 5.41) is 3.79. The van der Waals surface area contributed by atoms with Crippen LogP contribution in [0, 0.1) is 0 Å². The van der Waals surface area contributed by atoms with Gasteiger partial charge < -0.3 is 15.0 Å². The third-order valence-electron chi connectivity index (χ3n) is 5.50. The van der Waals surface area contributed by atoms with Gasteiger partial charge in [-0.3, -0.25) is 0 Å². The van der Waals surface area contributed by atoms with Crippen LogP contribution in [-0.4, -0.2) is 36.7 Å².